The summed E-state index contributed by atoms with van der Waals surface area (Å²) in [6.45, 7) is 5.54. The quantitative estimate of drug-likeness (QED) is 0.554. The minimum atomic E-state index is 0.288. The van der Waals surface area contributed by atoms with E-state index in [0.29, 0.717) is 30.8 Å². The van der Waals surface area contributed by atoms with Gasteiger partial charge in [-0.25, -0.2) is 0 Å². The van der Waals surface area contributed by atoms with E-state index in [1.807, 2.05) is 0 Å². The second kappa shape index (κ2) is 6.58. The number of hydrogen-bond acceptors (Lipinski definition) is 2. The molecule has 0 N–H and O–H groups in total. The molecule has 0 heterocycles. The fraction of sp³-hybridized carbons (Fsp3) is 1.00. The van der Waals surface area contributed by atoms with E-state index >= 15 is 0 Å². The fourth-order valence-corrected chi connectivity index (χ4v) is 3.95. The van der Waals surface area contributed by atoms with Crippen molar-refractivity contribution in [2.24, 2.45) is 5.41 Å². The topological polar surface area (TPSA) is 18.5 Å². The van der Waals surface area contributed by atoms with Gasteiger partial charge in [0, 0.05) is 10.8 Å². The monoisotopic (exact) mass is 274 g/mol. The molecule has 18 heavy (non-hydrogen) atoms. The van der Waals surface area contributed by atoms with Crippen LogP contribution in [0.15, 0.2) is 0 Å². The highest BCUT2D eigenvalue weighted by molar-refractivity contribution is 6.21. The maximum atomic E-state index is 6.50. The van der Waals surface area contributed by atoms with Crippen molar-refractivity contribution in [3.63, 3.8) is 0 Å². The summed E-state index contributed by atoms with van der Waals surface area (Å²) >= 11 is 6.50. The second-order valence-electron chi connectivity index (χ2n) is 6.13. The van der Waals surface area contributed by atoms with Gasteiger partial charge in [-0.05, 0) is 33.1 Å². The van der Waals surface area contributed by atoms with Crippen LogP contribution in [-0.4, -0.2) is 30.8 Å². The summed E-state index contributed by atoms with van der Waals surface area (Å²) in [5.74, 6) is 0. The molecular formula is C15H27ClO2. The zero-order chi connectivity index (χ0) is 13.0. The van der Waals surface area contributed by atoms with Crippen LogP contribution < -0.4 is 0 Å². The predicted molar refractivity (Wildman–Crippen MR) is 75.2 cm³/mol. The summed E-state index contributed by atoms with van der Waals surface area (Å²) in [5, 5.41) is 0.339. The summed E-state index contributed by atoms with van der Waals surface area (Å²) in [6.07, 6.45) is 9.62. The van der Waals surface area contributed by atoms with Crippen LogP contribution in [0.3, 0.4) is 0 Å². The van der Waals surface area contributed by atoms with Crippen molar-refractivity contribution >= 4 is 11.6 Å². The van der Waals surface area contributed by atoms with Gasteiger partial charge in [-0.2, -0.15) is 0 Å². The van der Waals surface area contributed by atoms with Gasteiger partial charge in [0.25, 0.3) is 0 Å². The van der Waals surface area contributed by atoms with Gasteiger partial charge < -0.3 is 9.47 Å². The lowest BCUT2D eigenvalue weighted by Crippen LogP contribution is -2.55. The molecule has 0 aromatic rings. The van der Waals surface area contributed by atoms with Crippen LogP contribution in [-0.2, 0) is 9.47 Å². The van der Waals surface area contributed by atoms with Crippen molar-refractivity contribution in [3.05, 3.63) is 0 Å². The molecule has 0 saturated heterocycles. The Morgan fingerprint density at radius 1 is 1.11 bits per heavy atom. The molecule has 2 aliphatic rings. The minimum absolute atomic E-state index is 0.288. The molecule has 2 nitrogen and oxygen atoms in total. The Labute approximate surface area is 116 Å². The molecule has 2 unspecified atom stereocenters. The zero-order valence-corrected chi connectivity index (χ0v) is 12.5. The van der Waals surface area contributed by atoms with Crippen molar-refractivity contribution in [2.45, 2.75) is 76.4 Å². The van der Waals surface area contributed by atoms with Crippen molar-refractivity contribution < 1.29 is 9.47 Å². The number of ether oxygens (including phenoxy) is 2. The van der Waals surface area contributed by atoms with E-state index in [9.17, 15) is 0 Å². The molecule has 2 rings (SSSR count). The third kappa shape index (κ3) is 3.20. The molecule has 2 aliphatic carbocycles. The molecule has 2 saturated carbocycles. The molecule has 0 bridgehead atoms. The van der Waals surface area contributed by atoms with Crippen LogP contribution in [0.4, 0.5) is 0 Å². The molecule has 0 radical (unpaired) electrons. The smallest absolute Gasteiger partial charge is 0.0704 e. The summed E-state index contributed by atoms with van der Waals surface area (Å²) < 4.78 is 11.6. The highest BCUT2D eigenvalue weighted by atomic mass is 35.5. The maximum absolute atomic E-state index is 6.50. The summed E-state index contributed by atoms with van der Waals surface area (Å²) in [7, 11) is 0. The zero-order valence-electron chi connectivity index (χ0n) is 11.8. The van der Waals surface area contributed by atoms with Crippen LogP contribution in [0.25, 0.3) is 0 Å². The highest BCUT2D eigenvalue weighted by Crippen LogP contribution is 2.54. The van der Waals surface area contributed by atoms with E-state index in [2.05, 4.69) is 13.8 Å². The lowest BCUT2D eigenvalue weighted by Gasteiger charge is -2.53. The van der Waals surface area contributed by atoms with E-state index in [4.69, 9.17) is 21.1 Å². The van der Waals surface area contributed by atoms with Crippen molar-refractivity contribution in [2.75, 3.05) is 13.2 Å². The number of alkyl halides is 1. The Balaban J connectivity index is 1.78. The van der Waals surface area contributed by atoms with Crippen LogP contribution in [0.2, 0.25) is 0 Å². The maximum Gasteiger partial charge on any atom is 0.0704 e. The molecule has 2 fully saturated rings. The third-order valence-corrected chi connectivity index (χ3v) is 5.19. The van der Waals surface area contributed by atoms with Crippen molar-refractivity contribution in [1.29, 1.82) is 0 Å². The average molecular weight is 275 g/mol. The number of hydrogen-bond donors (Lipinski definition) is 0. The summed E-state index contributed by atoms with van der Waals surface area (Å²) in [5.41, 5.74) is 0.288. The van der Waals surface area contributed by atoms with Crippen molar-refractivity contribution in [1.82, 2.24) is 0 Å². The standard InChI is InChI=1S/C15H27ClO2/c1-12(2)17-9-10-18-14-11-13(16)15(14)7-5-3-4-6-8-15/h12-14H,3-11H2,1-2H3. The Bertz CT molecular complexity index is 247. The van der Waals surface area contributed by atoms with Gasteiger partial charge in [-0.3, -0.25) is 0 Å². The summed E-state index contributed by atoms with van der Waals surface area (Å²) in [6, 6.07) is 0. The first kappa shape index (κ1) is 14.6. The average Bonchev–Trinajstić information content (AvgIpc) is 2.60. The van der Waals surface area contributed by atoms with Gasteiger partial charge in [-0.1, -0.05) is 25.7 Å². The molecule has 3 heteroatoms. The molecule has 1 spiro atoms. The molecule has 0 aliphatic heterocycles. The Kier molecular flexibility index (Phi) is 5.35. The van der Waals surface area contributed by atoms with Crippen molar-refractivity contribution in [3.8, 4) is 0 Å². The number of halogens is 1. The van der Waals surface area contributed by atoms with E-state index in [1.54, 1.807) is 0 Å². The third-order valence-electron chi connectivity index (χ3n) is 4.57. The van der Waals surface area contributed by atoms with Crippen LogP contribution in [0.1, 0.15) is 58.8 Å². The highest BCUT2D eigenvalue weighted by Gasteiger charge is 2.54. The molecule has 0 aromatic carbocycles. The first-order chi connectivity index (χ1) is 8.65. The molecule has 0 aromatic heterocycles. The number of rotatable bonds is 5. The van der Waals surface area contributed by atoms with E-state index in [-0.39, 0.29) is 5.41 Å². The van der Waals surface area contributed by atoms with E-state index in [0.717, 1.165) is 6.42 Å². The molecular weight excluding hydrogens is 248 g/mol. The van der Waals surface area contributed by atoms with Gasteiger partial charge in [0.2, 0.25) is 0 Å². The normalized spacial score (nSPS) is 31.3. The van der Waals surface area contributed by atoms with Gasteiger partial charge in [0.15, 0.2) is 0 Å². The molecule has 106 valence electrons. The van der Waals surface area contributed by atoms with Gasteiger partial charge in [0.1, 0.15) is 0 Å². The van der Waals surface area contributed by atoms with E-state index < -0.39 is 0 Å². The Morgan fingerprint density at radius 2 is 1.78 bits per heavy atom. The largest absolute Gasteiger partial charge is 0.376 e. The second-order valence-corrected chi connectivity index (χ2v) is 6.66. The van der Waals surface area contributed by atoms with Crippen LogP contribution >= 0.6 is 11.6 Å². The summed E-state index contributed by atoms with van der Waals surface area (Å²) in [4.78, 5) is 0. The lowest BCUT2D eigenvalue weighted by atomic mass is 9.61. The lowest BCUT2D eigenvalue weighted by molar-refractivity contribution is -0.127. The van der Waals surface area contributed by atoms with Gasteiger partial charge in [0.05, 0.1) is 25.4 Å². The van der Waals surface area contributed by atoms with E-state index in [1.165, 1.54) is 38.5 Å². The molecule has 0 amide bonds. The predicted octanol–water partition coefficient (Wildman–Crippen LogP) is 4.15. The SMILES string of the molecule is CC(C)OCCOC1CC(Cl)C12CCCCCC2. The van der Waals surface area contributed by atoms with Crippen LogP contribution in [0, 0.1) is 5.41 Å². The van der Waals surface area contributed by atoms with Gasteiger partial charge in [-0.15, -0.1) is 11.6 Å². The minimum Gasteiger partial charge on any atom is -0.376 e. The first-order valence-corrected chi connectivity index (χ1v) is 7.96. The fourth-order valence-electron chi connectivity index (χ4n) is 3.43. The van der Waals surface area contributed by atoms with Gasteiger partial charge >= 0.3 is 0 Å². The Hall–Kier alpha value is 0.210. The van der Waals surface area contributed by atoms with Crippen LogP contribution in [0.5, 0.6) is 0 Å². The first-order valence-electron chi connectivity index (χ1n) is 7.52. The molecule has 2 atom stereocenters. The Morgan fingerprint density at radius 3 is 2.33 bits per heavy atom.